The third kappa shape index (κ3) is 7.97. The second-order valence-electron chi connectivity index (χ2n) is 11.0. The number of aromatic nitrogens is 1. The maximum Gasteiger partial charge on any atom is 0.410 e. The first-order valence-electron chi connectivity index (χ1n) is 13.4. The number of benzene rings is 1. The SMILES string of the molecule is C=C(NCCCC1CCN(C(=O)OC(C)(C)C)CC1)c1cc(C(=O)NC)c(=O)n(Cc2ccccc2C)c1. The lowest BCUT2D eigenvalue weighted by atomic mass is 9.92. The number of hydrogen-bond acceptors (Lipinski definition) is 5. The van der Waals surface area contributed by atoms with Crippen LogP contribution >= 0.6 is 0 Å². The van der Waals surface area contributed by atoms with E-state index in [1.807, 2.05) is 52.0 Å². The molecule has 1 aromatic heterocycles. The Labute approximate surface area is 226 Å². The average Bonchev–Trinajstić information content (AvgIpc) is 2.87. The Kier molecular flexibility index (Phi) is 9.78. The molecule has 0 bridgehead atoms. The van der Waals surface area contributed by atoms with Gasteiger partial charge < -0.3 is 24.8 Å². The number of carbonyl (C=O) groups excluding carboxylic acids is 2. The summed E-state index contributed by atoms with van der Waals surface area (Å²) in [7, 11) is 1.52. The van der Waals surface area contributed by atoms with Gasteiger partial charge in [0, 0.05) is 44.1 Å². The number of nitrogens with zero attached hydrogens (tertiary/aromatic N) is 2. The number of hydrogen-bond donors (Lipinski definition) is 2. The number of likely N-dealkylation sites (tertiary alicyclic amines) is 1. The van der Waals surface area contributed by atoms with Gasteiger partial charge in [-0.3, -0.25) is 9.59 Å². The lowest BCUT2D eigenvalue weighted by Gasteiger charge is -2.33. The normalized spacial score (nSPS) is 14.2. The Bertz CT molecular complexity index is 1200. The molecule has 2 heterocycles. The van der Waals surface area contributed by atoms with E-state index >= 15 is 0 Å². The molecule has 3 rings (SSSR count). The summed E-state index contributed by atoms with van der Waals surface area (Å²) < 4.78 is 7.06. The minimum absolute atomic E-state index is 0.0956. The van der Waals surface area contributed by atoms with Crippen molar-refractivity contribution in [3.63, 3.8) is 0 Å². The van der Waals surface area contributed by atoms with Crippen LogP contribution in [0.1, 0.15) is 73.5 Å². The molecule has 1 aliphatic rings. The summed E-state index contributed by atoms with van der Waals surface area (Å²) in [5, 5.41) is 5.94. The highest BCUT2D eigenvalue weighted by Gasteiger charge is 2.26. The first-order valence-corrected chi connectivity index (χ1v) is 13.4. The molecule has 1 fully saturated rings. The summed E-state index contributed by atoms with van der Waals surface area (Å²) in [6.07, 6.45) is 5.50. The minimum Gasteiger partial charge on any atom is -0.444 e. The highest BCUT2D eigenvalue weighted by Crippen LogP contribution is 2.23. The Morgan fingerprint density at radius 3 is 2.47 bits per heavy atom. The van der Waals surface area contributed by atoms with Gasteiger partial charge in [-0.25, -0.2) is 4.79 Å². The van der Waals surface area contributed by atoms with Crippen molar-refractivity contribution < 1.29 is 14.3 Å². The summed E-state index contributed by atoms with van der Waals surface area (Å²) in [5.74, 6) is 0.153. The fraction of sp³-hybridized carbons (Fsp3) is 0.500. The lowest BCUT2D eigenvalue weighted by Crippen LogP contribution is -2.41. The van der Waals surface area contributed by atoms with Crippen molar-refractivity contribution in [2.24, 2.45) is 5.92 Å². The Balaban J connectivity index is 1.56. The largest absolute Gasteiger partial charge is 0.444 e. The molecule has 2 aromatic rings. The van der Waals surface area contributed by atoms with Crippen LogP contribution in [0, 0.1) is 12.8 Å². The number of aryl methyl sites for hydroxylation is 1. The molecule has 0 spiro atoms. The van der Waals surface area contributed by atoms with Gasteiger partial charge in [0.25, 0.3) is 11.5 Å². The Hall–Kier alpha value is -3.55. The van der Waals surface area contributed by atoms with Crippen LogP contribution in [-0.4, -0.2) is 53.8 Å². The number of pyridine rings is 1. The van der Waals surface area contributed by atoms with E-state index in [9.17, 15) is 14.4 Å². The molecule has 2 N–H and O–H groups in total. The van der Waals surface area contributed by atoms with E-state index < -0.39 is 11.5 Å². The number of piperidine rings is 1. The van der Waals surface area contributed by atoms with Gasteiger partial charge in [-0.05, 0) is 76.5 Å². The van der Waals surface area contributed by atoms with Gasteiger partial charge in [0.1, 0.15) is 11.2 Å². The van der Waals surface area contributed by atoms with Crippen LogP contribution in [0.4, 0.5) is 4.79 Å². The van der Waals surface area contributed by atoms with Gasteiger partial charge in [0.2, 0.25) is 0 Å². The number of rotatable bonds is 9. The Morgan fingerprint density at radius 1 is 1.16 bits per heavy atom. The van der Waals surface area contributed by atoms with Crippen molar-refractivity contribution in [1.29, 1.82) is 0 Å². The van der Waals surface area contributed by atoms with Crippen LogP contribution in [0.25, 0.3) is 5.70 Å². The monoisotopic (exact) mass is 522 g/mol. The van der Waals surface area contributed by atoms with Crippen LogP contribution < -0.4 is 16.2 Å². The summed E-state index contributed by atoms with van der Waals surface area (Å²) in [5.41, 5.74) is 2.78. The molecule has 0 unspecified atom stereocenters. The van der Waals surface area contributed by atoms with Crippen molar-refractivity contribution in [2.75, 3.05) is 26.7 Å². The van der Waals surface area contributed by atoms with Gasteiger partial charge in [0.15, 0.2) is 0 Å². The number of amides is 2. The zero-order chi connectivity index (χ0) is 27.9. The fourth-order valence-corrected chi connectivity index (χ4v) is 4.65. The van der Waals surface area contributed by atoms with E-state index in [0.29, 0.717) is 23.7 Å². The molecule has 8 heteroatoms. The number of ether oxygens (including phenoxy) is 1. The smallest absolute Gasteiger partial charge is 0.410 e. The van der Waals surface area contributed by atoms with Crippen LogP contribution in [0.2, 0.25) is 0 Å². The molecule has 1 aromatic carbocycles. The van der Waals surface area contributed by atoms with E-state index in [1.54, 1.807) is 21.7 Å². The molecule has 0 saturated carbocycles. The quantitative estimate of drug-likeness (QED) is 0.472. The van der Waals surface area contributed by atoms with E-state index in [1.165, 1.54) is 7.05 Å². The molecule has 206 valence electrons. The van der Waals surface area contributed by atoms with Crippen molar-refractivity contribution in [3.8, 4) is 0 Å². The highest BCUT2D eigenvalue weighted by atomic mass is 16.6. The van der Waals surface area contributed by atoms with Crippen LogP contribution in [0.5, 0.6) is 0 Å². The molecule has 2 amide bonds. The molecule has 8 nitrogen and oxygen atoms in total. The third-order valence-corrected chi connectivity index (χ3v) is 6.90. The maximum atomic E-state index is 13.0. The summed E-state index contributed by atoms with van der Waals surface area (Å²) >= 11 is 0. The highest BCUT2D eigenvalue weighted by molar-refractivity contribution is 5.94. The summed E-state index contributed by atoms with van der Waals surface area (Å²) in [6, 6.07) is 9.50. The van der Waals surface area contributed by atoms with Gasteiger partial charge in [-0.1, -0.05) is 30.8 Å². The predicted octanol–water partition coefficient (Wildman–Crippen LogP) is 4.55. The summed E-state index contributed by atoms with van der Waals surface area (Å²) in [4.78, 5) is 39.6. The van der Waals surface area contributed by atoms with Crippen molar-refractivity contribution in [3.05, 3.63) is 75.7 Å². The molecule has 38 heavy (non-hydrogen) atoms. The Morgan fingerprint density at radius 2 is 1.84 bits per heavy atom. The van der Waals surface area contributed by atoms with Gasteiger partial charge in [-0.15, -0.1) is 0 Å². The number of nitrogens with one attached hydrogen (secondary N) is 2. The average molecular weight is 523 g/mol. The standard InChI is InChI=1S/C30H42N4O4/c1-21-10-7-8-12-24(21)19-34-20-25(18-26(28(34)36)27(35)31-6)22(2)32-15-9-11-23-13-16-33(17-14-23)29(37)38-30(3,4)5/h7-8,10,12,18,20,23,32H,2,9,11,13-17,19H2,1,3-6H3,(H,31,35). The molecule has 1 aliphatic heterocycles. The molecule has 1 saturated heterocycles. The molecule has 0 radical (unpaired) electrons. The molecule has 0 aliphatic carbocycles. The maximum absolute atomic E-state index is 13.0. The van der Waals surface area contributed by atoms with Crippen molar-refractivity contribution >= 4 is 17.7 Å². The fourth-order valence-electron chi connectivity index (χ4n) is 4.65. The zero-order valence-corrected chi connectivity index (χ0v) is 23.4. The van der Waals surface area contributed by atoms with Crippen LogP contribution in [0.3, 0.4) is 0 Å². The topological polar surface area (TPSA) is 92.7 Å². The van der Waals surface area contributed by atoms with Crippen molar-refractivity contribution in [2.45, 2.75) is 65.5 Å². The molecule has 0 atom stereocenters. The molecular formula is C30H42N4O4. The number of carbonyl (C=O) groups is 2. The predicted molar refractivity (Wildman–Crippen MR) is 151 cm³/mol. The van der Waals surface area contributed by atoms with E-state index in [2.05, 4.69) is 17.2 Å². The van der Waals surface area contributed by atoms with Crippen LogP contribution in [0.15, 0.2) is 47.9 Å². The van der Waals surface area contributed by atoms with Gasteiger partial charge in [0.05, 0.1) is 6.54 Å². The zero-order valence-electron chi connectivity index (χ0n) is 23.4. The first-order chi connectivity index (χ1) is 18.0. The first kappa shape index (κ1) is 29.0. The summed E-state index contributed by atoms with van der Waals surface area (Å²) in [6.45, 7) is 14.4. The van der Waals surface area contributed by atoms with Gasteiger partial charge >= 0.3 is 6.09 Å². The lowest BCUT2D eigenvalue weighted by molar-refractivity contribution is 0.0180. The third-order valence-electron chi connectivity index (χ3n) is 6.90. The van der Waals surface area contributed by atoms with Gasteiger partial charge in [-0.2, -0.15) is 0 Å². The van der Waals surface area contributed by atoms with Crippen molar-refractivity contribution in [1.82, 2.24) is 20.1 Å². The van der Waals surface area contributed by atoms with E-state index in [4.69, 9.17) is 4.74 Å². The molecular weight excluding hydrogens is 480 g/mol. The van der Waals surface area contributed by atoms with Crippen LogP contribution in [-0.2, 0) is 11.3 Å². The van der Waals surface area contributed by atoms with E-state index in [-0.39, 0.29) is 17.2 Å². The second kappa shape index (κ2) is 12.8. The second-order valence-corrected chi connectivity index (χ2v) is 11.0. The van der Waals surface area contributed by atoms with E-state index in [0.717, 1.165) is 56.4 Å². The minimum atomic E-state index is -0.475.